The molecule has 1 aromatic rings. The van der Waals surface area contributed by atoms with Crippen LogP contribution in [0.1, 0.15) is 17.9 Å². The number of hydrogen-bond donors (Lipinski definition) is 2. The third-order valence-corrected chi connectivity index (χ3v) is 3.73. The van der Waals surface area contributed by atoms with E-state index in [2.05, 4.69) is 10.6 Å². The highest BCUT2D eigenvalue weighted by Gasteiger charge is 2.37. The maximum Gasteiger partial charge on any atom is 0.229 e. The summed E-state index contributed by atoms with van der Waals surface area (Å²) in [6.45, 7) is 1.76. The molecule has 1 fully saturated rings. The maximum absolute atomic E-state index is 11.9. The Hall–Kier alpha value is -1.06. The molecule has 1 aromatic carbocycles. The normalized spacial score (nSPS) is 27.9. The van der Waals surface area contributed by atoms with Crippen molar-refractivity contribution in [2.24, 2.45) is 5.92 Å². The summed E-state index contributed by atoms with van der Waals surface area (Å²) in [6.07, 6.45) is 1.02. The summed E-state index contributed by atoms with van der Waals surface area (Å²) in [5.41, 5.74) is 2.12. The Labute approximate surface area is 99.2 Å². The van der Waals surface area contributed by atoms with Crippen LogP contribution in [0.5, 0.6) is 0 Å². The van der Waals surface area contributed by atoms with Crippen molar-refractivity contribution in [1.82, 2.24) is 5.32 Å². The van der Waals surface area contributed by atoms with Crippen molar-refractivity contribution in [2.75, 3.05) is 18.4 Å². The van der Waals surface area contributed by atoms with Gasteiger partial charge in [-0.1, -0.05) is 17.7 Å². The minimum absolute atomic E-state index is 0.0717. The molecule has 0 aliphatic carbocycles. The van der Waals surface area contributed by atoms with Gasteiger partial charge in [0.1, 0.15) is 0 Å². The van der Waals surface area contributed by atoms with Crippen LogP contribution in [0.4, 0.5) is 5.69 Å². The molecule has 0 radical (unpaired) electrons. The standard InChI is InChI=1S/C12H13ClN2O/c13-7-1-2-9-8-3-4-14-6-10(8)12(16)15-11(9)5-7/h1-2,5,8,10,14H,3-4,6H2,(H,15,16). The highest BCUT2D eigenvalue weighted by Crippen LogP contribution is 2.40. The van der Waals surface area contributed by atoms with Gasteiger partial charge in [-0.3, -0.25) is 4.79 Å². The van der Waals surface area contributed by atoms with Crippen LogP contribution in [0.3, 0.4) is 0 Å². The lowest BCUT2D eigenvalue weighted by Crippen LogP contribution is -2.44. The third-order valence-electron chi connectivity index (χ3n) is 3.49. The van der Waals surface area contributed by atoms with Gasteiger partial charge >= 0.3 is 0 Å². The molecule has 0 bridgehead atoms. The van der Waals surface area contributed by atoms with Crippen molar-refractivity contribution in [3.8, 4) is 0 Å². The minimum atomic E-state index is 0.0717. The number of nitrogens with one attached hydrogen (secondary N) is 2. The van der Waals surface area contributed by atoms with Crippen molar-refractivity contribution in [3.05, 3.63) is 28.8 Å². The fourth-order valence-electron chi connectivity index (χ4n) is 2.69. The van der Waals surface area contributed by atoms with E-state index in [4.69, 9.17) is 11.6 Å². The Bertz CT molecular complexity index is 447. The molecule has 2 atom stereocenters. The van der Waals surface area contributed by atoms with Crippen LogP contribution >= 0.6 is 11.6 Å². The van der Waals surface area contributed by atoms with Crippen molar-refractivity contribution in [2.45, 2.75) is 12.3 Å². The van der Waals surface area contributed by atoms with Gasteiger partial charge in [-0.15, -0.1) is 0 Å². The Balaban J connectivity index is 2.06. The monoisotopic (exact) mass is 236 g/mol. The second kappa shape index (κ2) is 3.75. The molecule has 2 aliphatic rings. The van der Waals surface area contributed by atoms with Gasteiger partial charge in [0.2, 0.25) is 5.91 Å². The van der Waals surface area contributed by atoms with Crippen LogP contribution in [-0.2, 0) is 4.79 Å². The minimum Gasteiger partial charge on any atom is -0.325 e. The van der Waals surface area contributed by atoms with Crippen LogP contribution in [-0.4, -0.2) is 19.0 Å². The van der Waals surface area contributed by atoms with Crippen molar-refractivity contribution >= 4 is 23.2 Å². The molecule has 1 saturated heterocycles. The number of carbonyl (C=O) groups excluding carboxylic acids is 1. The molecule has 2 aliphatic heterocycles. The lowest BCUT2D eigenvalue weighted by Gasteiger charge is -2.36. The van der Waals surface area contributed by atoms with Gasteiger partial charge in [0.15, 0.2) is 0 Å². The predicted octanol–water partition coefficient (Wildman–Crippen LogP) is 1.99. The number of benzene rings is 1. The zero-order chi connectivity index (χ0) is 11.1. The van der Waals surface area contributed by atoms with Crippen LogP contribution in [0.15, 0.2) is 18.2 Å². The zero-order valence-corrected chi connectivity index (χ0v) is 9.55. The van der Waals surface area contributed by atoms with Gasteiger partial charge in [-0.2, -0.15) is 0 Å². The Kier molecular flexibility index (Phi) is 2.37. The van der Waals surface area contributed by atoms with Crippen LogP contribution < -0.4 is 10.6 Å². The van der Waals surface area contributed by atoms with Crippen molar-refractivity contribution in [1.29, 1.82) is 0 Å². The number of fused-ring (bicyclic) bond motifs is 3. The molecule has 3 nitrogen and oxygen atoms in total. The van der Waals surface area contributed by atoms with E-state index in [0.717, 1.165) is 25.2 Å². The second-order valence-electron chi connectivity index (χ2n) is 4.43. The van der Waals surface area contributed by atoms with Crippen LogP contribution in [0, 0.1) is 5.92 Å². The summed E-state index contributed by atoms with van der Waals surface area (Å²) < 4.78 is 0. The molecule has 1 amide bonds. The summed E-state index contributed by atoms with van der Waals surface area (Å²) in [4.78, 5) is 11.9. The topological polar surface area (TPSA) is 41.1 Å². The number of anilines is 1. The summed E-state index contributed by atoms with van der Waals surface area (Å²) in [5, 5.41) is 6.88. The fourth-order valence-corrected chi connectivity index (χ4v) is 2.86. The highest BCUT2D eigenvalue weighted by molar-refractivity contribution is 6.31. The summed E-state index contributed by atoms with van der Waals surface area (Å²) in [7, 11) is 0. The zero-order valence-electron chi connectivity index (χ0n) is 8.79. The summed E-state index contributed by atoms with van der Waals surface area (Å²) in [5.74, 6) is 0.539. The number of hydrogen-bond acceptors (Lipinski definition) is 2. The molecule has 0 spiro atoms. The van der Waals surface area contributed by atoms with E-state index in [0.29, 0.717) is 10.9 Å². The van der Waals surface area contributed by atoms with E-state index in [9.17, 15) is 4.79 Å². The number of carbonyl (C=O) groups is 1. The van der Waals surface area contributed by atoms with Gasteiger partial charge in [0, 0.05) is 17.3 Å². The number of piperidine rings is 1. The molecule has 4 heteroatoms. The predicted molar refractivity (Wildman–Crippen MR) is 63.8 cm³/mol. The van der Waals surface area contributed by atoms with Gasteiger partial charge in [0.05, 0.1) is 5.92 Å². The quantitative estimate of drug-likeness (QED) is 0.723. The molecule has 84 valence electrons. The number of halogens is 1. The Morgan fingerprint density at radius 3 is 3.06 bits per heavy atom. The van der Waals surface area contributed by atoms with E-state index < -0.39 is 0 Å². The molecular weight excluding hydrogens is 224 g/mol. The Morgan fingerprint density at radius 2 is 2.19 bits per heavy atom. The van der Waals surface area contributed by atoms with E-state index >= 15 is 0 Å². The highest BCUT2D eigenvalue weighted by atomic mass is 35.5. The summed E-state index contributed by atoms with van der Waals surface area (Å²) in [6, 6.07) is 5.78. The summed E-state index contributed by atoms with van der Waals surface area (Å²) >= 11 is 5.94. The Morgan fingerprint density at radius 1 is 1.31 bits per heavy atom. The van der Waals surface area contributed by atoms with E-state index in [1.807, 2.05) is 18.2 Å². The molecule has 0 aromatic heterocycles. The first-order valence-corrected chi connectivity index (χ1v) is 5.94. The average Bonchev–Trinajstić information content (AvgIpc) is 2.29. The molecule has 2 unspecified atom stereocenters. The van der Waals surface area contributed by atoms with E-state index in [-0.39, 0.29) is 11.8 Å². The van der Waals surface area contributed by atoms with E-state index in [1.54, 1.807) is 0 Å². The molecule has 2 heterocycles. The second-order valence-corrected chi connectivity index (χ2v) is 4.86. The maximum atomic E-state index is 11.9. The van der Waals surface area contributed by atoms with Gasteiger partial charge in [0.25, 0.3) is 0 Å². The van der Waals surface area contributed by atoms with E-state index in [1.165, 1.54) is 5.56 Å². The lowest BCUT2D eigenvalue weighted by molar-refractivity contribution is -0.121. The molecule has 16 heavy (non-hydrogen) atoms. The SMILES string of the molecule is O=C1Nc2cc(Cl)ccc2C2CCNCC12. The lowest BCUT2D eigenvalue weighted by atomic mass is 9.77. The fraction of sp³-hybridized carbons (Fsp3) is 0.417. The first-order chi connectivity index (χ1) is 7.75. The number of amides is 1. The average molecular weight is 237 g/mol. The molecular formula is C12H13ClN2O. The number of rotatable bonds is 0. The first-order valence-electron chi connectivity index (χ1n) is 5.57. The van der Waals surface area contributed by atoms with Gasteiger partial charge in [-0.05, 0) is 36.6 Å². The molecule has 0 saturated carbocycles. The van der Waals surface area contributed by atoms with Gasteiger partial charge in [-0.25, -0.2) is 0 Å². The van der Waals surface area contributed by atoms with Crippen LogP contribution in [0.2, 0.25) is 5.02 Å². The van der Waals surface area contributed by atoms with Crippen LogP contribution in [0.25, 0.3) is 0 Å². The molecule has 2 N–H and O–H groups in total. The third kappa shape index (κ3) is 1.51. The van der Waals surface area contributed by atoms with Crippen molar-refractivity contribution in [3.63, 3.8) is 0 Å². The van der Waals surface area contributed by atoms with Crippen molar-refractivity contribution < 1.29 is 4.79 Å². The largest absolute Gasteiger partial charge is 0.325 e. The molecule has 3 rings (SSSR count). The first kappa shape index (κ1) is 10.1. The smallest absolute Gasteiger partial charge is 0.229 e. The van der Waals surface area contributed by atoms with Gasteiger partial charge < -0.3 is 10.6 Å².